The summed E-state index contributed by atoms with van der Waals surface area (Å²) in [5.41, 5.74) is -0.434. The number of hydrogen-bond acceptors (Lipinski definition) is 5. The number of aliphatic hydroxyl groups is 1. The molecule has 0 saturated carbocycles. The summed E-state index contributed by atoms with van der Waals surface area (Å²) in [6, 6.07) is 13.0. The van der Waals surface area contributed by atoms with Crippen molar-refractivity contribution in [1.29, 1.82) is 0 Å². The SMILES string of the molecule is CC(C)(O)CN1C(=O)C(Cc2ccc(OC(F)F)cc2)C(=O)c2cc(F)c3c(c21)Cc1ccccc1N3F. The lowest BCUT2D eigenvalue weighted by molar-refractivity contribution is -0.122. The Kier molecular flexibility index (Phi) is 6.38. The number of rotatable bonds is 6. The second-order valence-corrected chi connectivity index (χ2v) is 10.0. The van der Waals surface area contributed by atoms with Crippen LogP contribution in [0, 0.1) is 11.7 Å². The van der Waals surface area contributed by atoms with Crippen LogP contribution in [0.1, 0.15) is 40.9 Å². The topological polar surface area (TPSA) is 70.1 Å². The summed E-state index contributed by atoms with van der Waals surface area (Å²) >= 11 is 0. The van der Waals surface area contributed by atoms with Gasteiger partial charge in [0.2, 0.25) is 5.91 Å². The van der Waals surface area contributed by atoms with Crippen LogP contribution in [-0.4, -0.2) is 35.6 Å². The van der Waals surface area contributed by atoms with Crippen molar-refractivity contribution in [3.8, 4) is 5.75 Å². The molecular formula is C28H24F4N2O4. The number of carbonyl (C=O) groups is 2. The lowest BCUT2D eigenvalue weighted by atomic mass is 9.81. The van der Waals surface area contributed by atoms with Crippen LogP contribution in [-0.2, 0) is 17.6 Å². The first-order chi connectivity index (χ1) is 17.9. The van der Waals surface area contributed by atoms with Gasteiger partial charge in [0.15, 0.2) is 11.6 Å². The molecule has 10 heteroatoms. The highest BCUT2D eigenvalue weighted by atomic mass is 19.3. The number of anilines is 3. The molecule has 5 rings (SSSR count). The van der Waals surface area contributed by atoms with Crippen molar-refractivity contribution in [2.45, 2.75) is 38.9 Å². The minimum Gasteiger partial charge on any atom is -0.435 e. The first kappa shape index (κ1) is 25.7. The number of Topliss-reactive ketones (excluding diaryl/α,β-unsaturated/α-hetero) is 1. The molecule has 3 aromatic rings. The Labute approximate surface area is 216 Å². The van der Waals surface area contributed by atoms with E-state index in [1.54, 1.807) is 18.2 Å². The van der Waals surface area contributed by atoms with Crippen LogP contribution in [0.4, 0.5) is 34.7 Å². The number of para-hydroxylation sites is 1. The number of ether oxygens (including phenoxy) is 1. The molecule has 2 aliphatic rings. The predicted molar refractivity (Wildman–Crippen MR) is 132 cm³/mol. The van der Waals surface area contributed by atoms with Gasteiger partial charge in [-0.15, -0.1) is 0 Å². The minimum atomic E-state index is -3.00. The number of nitrogens with zero attached hydrogens (tertiary/aromatic N) is 2. The summed E-state index contributed by atoms with van der Waals surface area (Å²) < 4.78 is 60.1. The number of hydrogen-bond donors (Lipinski definition) is 1. The molecule has 2 heterocycles. The van der Waals surface area contributed by atoms with Crippen molar-refractivity contribution in [1.82, 2.24) is 0 Å². The van der Waals surface area contributed by atoms with Crippen molar-refractivity contribution in [3.63, 3.8) is 0 Å². The standard InChI is InChI=1S/C28H24F4N2O4/c1-28(2,37)14-33-23-18-12-16-5-3-4-6-22(16)34(32)24(18)21(29)13-19(23)25(35)20(26(33)36)11-15-7-9-17(10-8-15)38-27(30)31/h3-10,13,20,27,37H,11-12,14H2,1-2H3. The van der Waals surface area contributed by atoms with Crippen LogP contribution in [0.3, 0.4) is 0 Å². The van der Waals surface area contributed by atoms with Crippen LogP contribution in [0.15, 0.2) is 54.6 Å². The van der Waals surface area contributed by atoms with Gasteiger partial charge in [0, 0.05) is 17.5 Å². The van der Waals surface area contributed by atoms with Crippen molar-refractivity contribution in [2.75, 3.05) is 16.6 Å². The molecule has 1 atom stereocenters. The van der Waals surface area contributed by atoms with Crippen molar-refractivity contribution in [3.05, 3.63) is 82.7 Å². The highest BCUT2D eigenvalue weighted by molar-refractivity contribution is 6.23. The monoisotopic (exact) mass is 528 g/mol. The van der Waals surface area contributed by atoms with E-state index in [1.165, 1.54) is 49.1 Å². The zero-order valence-corrected chi connectivity index (χ0v) is 20.6. The lowest BCUT2D eigenvalue weighted by Crippen LogP contribution is -2.51. The molecule has 2 aliphatic heterocycles. The molecule has 0 aliphatic carbocycles. The van der Waals surface area contributed by atoms with Gasteiger partial charge in [0.25, 0.3) is 0 Å². The van der Waals surface area contributed by atoms with Crippen LogP contribution in [0.5, 0.6) is 5.75 Å². The largest absolute Gasteiger partial charge is 0.435 e. The van der Waals surface area contributed by atoms with Gasteiger partial charge in [-0.05, 0) is 55.7 Å². The third kappa shape index (κ3) is 4.60. The summed E-state index contributed by atoms with van der Waals surface area (Å²) in [4.78, 5) is 28.6. The van der Waals surface area contributed by atoms with Crippen molar-refractivity contribution >= 4 is 28.8 Å². The zero-order chi connectivity index (χ0) is 27.4. The predicted octanol–water partition coefficient (Wildman–Crippen LogP) is 5.51. The average Bonchev–Trinajstić information content (AvgIpc) is 2.84. The van der Waals surface area contributed by atoms with Gasteiger partial charge in [0.1, 0.15) is 17.4 Å². The molecule has 38 heavy (non-hydrogen) atoms. The quantitative estimate of drug-likeness (QED) is 0.260. The summed E-state index contributed by atoms with van der Waals surface area (Å²) in [7, 11) is 0. The molecule has 0 fully saturated rings. The summed E-state index contributed by atoms with van der Waals surface area (Å²) in [5, 5.41) is 10.8. The Morgan fingerprint density at radius 3 is 2.42 bits per heavy atom. The highest BCUT2D eigenvalue weighted by Gasteiger charge is 2.44. The zero-order valence-electron chi connectivity index (χ0n) is 20.6. The third-order valence-corrected chi connectivity index (χ3v) is 6.64. The maximum atomic E-state index is 15.4. The van der Waals surface area contributed by atoms with Crippen LogP contribution < -0.4 is 14.8 Å². The van der Waals surface area contributed by atoms with Crippen molar-refractivity contribution < 1.29 is 37.1 Å². The van der Waals surface area contributed by atoms with E-state index in [1.807, 2.05) is 0 Å². The fourth-order valence-corrected chi connectivity index (χ4v) is 5.09. The molecule has 198 valence electrons. The Morgan fingerprint density at radius 2 is 1.76 bits per heavy atom. The van der Waals surface area contributed by atoms with Gasteiger partial charge in [0.05, 0.1) is 23.5 Å². The number of ketones is 1. The summed E-state index contributed by atoms with van der Waals surface area (Å²) in [5.74, 6) is -3.56. The Hall–Kier alpha value is -3.92. The maximum absolute atomic E-state index is 15.4. The molecule has 0 radical (unpaired) electrons. The first-order valence-corrected chi connectivity index (χ1v) is 12.0. The Bertz CT molecular complexity index is 1420. The number of β-amino-alcohol motifs (C(OH)–C–C–N with tert-alkyl or cyclic N) is 1. The van der Waals surface area contributed by atoms with Crippen molar-refractivity contribution in [2.24, 2.45) is 5.92 Å². The van der Waals surface area contributed by atoms with Gasteiger partial charge in [-0.3, -0.25) is 9.59 Å². The molecule has 0 bridgehead atoms. The van der Waals surface area contributed by atoms with Gasteiger partial charge in [-0.1, -0.05) is 34.8 Å². The first-order valence-electron chi connectivity index (χ1n) is 12.0. The van der Waals surface area contributed by atoms with Crippen LogP contribution in [0.2, 0.25) is 0 Å². The minimum absolute atomic E-state index is 0.0746. The third-order valence-electron chi connectivity index (χ3n) is 6.64. The molecule has 1 amide bonds. The van der Waals surface area contributed by atoms with E-state index < -0.39 is 35.6 Å². The fraction of sp³-hybridized carbons (Fsp3) is 0.286. The second kappa shape index (κ2) is 9.43. The molecular weight excluding hydrogens is 504 g/mol. The van der Waals surface area contributed by atoms with E-state index in [0.717, 1.165) is 6.07 Å². The number of benzene rings is 3. The Balaban J connectivity index is 1.59. The van der Waals surface area contributed by atoms with Crippen LogP contribution >= 0.6 is 0 Å². The second-order valence-electron chi connectivity index (χ2n) is 10.0. The highest BCUT2D eigenvalue weighted by Crippen LogP contribution is 2.48. The Morgan fingerprint density at radius 1 is 1.08 bits per heavy atom. The van der Waals surface area contributed by atoms with E-state index >= 15 is 8.87 Å². The average molecular weight is 529 g/mol. The molecule has 3 aromatic carbocycles. The fourth-order valence-electron chi connectivity index (χ4n) is 5.09. The molecule has 1 unspecified atom stereocenters. The van der Waals surface area contributed by atoms with Gasteiger partial charge >= 0.3 is 6.61 Å². The van der Waals surface area contributed by atoms with E-state index in [2.05, 4.69) is 4.74 Å². The number of halogens is 4. The molecule has 0 saturated heterocycles. The number of amides is 1. The number of fused-ring (bicyclic) bond motifs is 4. The van der Waals surface area contributed by atoms with Gasteiger partial charge < -0.3 is 14.7 Å². The van der Waals surface area contributed by atoms with E-state index in [9.17, 15) is 23.5 Å². The van der Waals surface area contributed by atoms with E-state index in [0.29, 0.717) is 11.1 Å². The smallest absolute Gasteiger partial charge is 0.387 e. The van der Waals surface area contributed by atoms with E-state index in [-0.39, 0.29) is 58.4 Å². The molecule has 6 nitrogen and oxygen atoms in total. The summed E-state index contributed by atoms with van der Waals surface area (Å²) in [6.45, 7) is -0.252. The van der Waals surface area contributed by atoms with E-state index in [4.69, 9.17) is 0 Å². The molecule has 0 aromatic heterocycles. The lowest BCUT2D eigenvalue weighted by Gasteiger charge is -2.40. The summed E-state index contributed by atoms with van der Waals surface area (Å²) in [6.07, 6.45) is -0.0175. The number of carbonyl (C=O) groups excluding carboxylic acids is 2. The maximum Gasteiger partial charge on any atom is 0.387 e. The van der Waals surface area contributed by atoms with Crippen LogP contribution in [0.25, 0.3) is 0 Å². The molecule has 1 N–H and O–H groups in total. The molecule has 0 spiro atoms. The normalized spacial score (nSPS) is 16.9. The van der Waals surface area contributed by atoms with Gasteiger partial charge in [-0.2, -0.15) is 13.9 Å². The van der Waals surface area contributed by atoms with Gasteiger partial charge in [-0.25, -0.2) is 4.39 Å². The number of alkyl halides is 2.